The summed E-state index contributed by atoms with van der Waals surface area (Å²) in [5, 5.41) is 18.3. The van der Waals surface area contributed by atoms with E-state index < -0.39 is 4.92 Å². The van der Waals surface area contributed by atoms with Crippen molar-refractivity contribution in [2.45, 2.75) is 13.8 Å². The summed E-state index contributed by atoms with van der Waals surface area (Å²) in [6, 6.07) is 16.8. The van der Waals surface area contributed by atoms with Gasteiger partial charge < -0.3 is 9.47 Å². The van der Waals surface area contributed by atoms with Crippen LogP contribution in [0.5, 0.6) is 11.5 Å². The minimum absolute atomic E-state index is 0.0253. The SMILES string of the molecule is Cc1ccc(N=c2scc(-c3ccccc3Br)n2N=Cc2cc3c(cc2[N+](=O)[O-])OCO3)c(C)c1. The summed E-state index contributed by atoms with van der Waals surface area (Å²) in [6.07, 6.45) is 1.45. The number of fused-ring (bicyclic) bond motifs is 1. The van der Waals surface area contributed by atoms with Crippen molar-refractivity contribution < 1.29 is 14.4 Å². The summed E-state index contributed by atoms with van der Waals surface area (Å²) in [6.45, 7) is 4.07. The first-order valence-electron chi connectivity index (χ1n) is 10.6. The lowest BCUT2D eigenvalue weighted by Crippen LogP contribution is -2.12. The predicted molar refractivity (Wildman–Crippen MR) is 139 cm³/mol. The molecule has 0 saturated carbocycles. The lowest BCUT2D eigenvalue weighted by atomic mass is 10.1. The van der Waals surface area contributed by atoms with Gasteiger partial charge in [-0.1, -0.05) is 51.8 Å². The normalized spacial score (nSPS) is 13.1. The number of halogens is 1. The van der Waals surface area contributed by atoms with E-state index in [-0.39, 0.29) is 12.5 Å². The fraction of sp³-hybridized carbons (Fsp3) is 0.120. The molecule has 1 aromatic heterocycles. The summed E-state index contributed by atoms with van der Waals surface area (Å²) in [4.78, 5) is 16.7. The van der Waals surface area contributed by atoms with E-state index in [2.05, 4.69) is 27.1 Å². The monoisotopic (exact) mass is 550 g/mol. The number of rotatable bonds is 5. The number of hydrogen-bond acceptors (Lipinski definition) is 7. The summed E-state index contributed by atoms with van der Waals surface area (Å²) in [7, 11) is 0. The maximum Gasteiger partial charge on any atom is 0.282 e. The van der Waals surface area contributed by atoms with Crippen molar-refractivity contribution in [1.82, 2.24) is 4.68 Å². The largest absolute Gasteiger partial charge is 0.454 e. The number of nitro benzene ring substituents is 1. The fourth-order valence-electron chi connectivity index (χ4n) is 3.71. The summed E-state index contributed by atoms with van der Waals surface area (Å²) < 4.78 is 13.3. The maximum absolute atomic E-state index is 11.7. The van der Waals surface area contributed by atoms with E-state index in [0.29, 0.717) is 21.9 Å². The zero-order chi connectivity index (χ0) is 24.5. The summed E-state index contributed by atoms with van der Waals surface area (Å²) >= 11 is 5.05. The second-order valence-corrected chi connectivity index (χ2v) is 9.55. The number of aromatic nitrogens is 1. The first-order valence-corrected chi connectivity index (χ1v) is 12.3. The molecule has 0 amide bonds. The smallest absolute Gasteiger partial charge is 0.282 e. The Labute approximate surface area is 213 Å². The van der Waals surface area contributed by atoms with Gasteiger partial charge in [-0.15, -0.1) is 11.3 Å². The van der Waals surface area contributed by atoms with Gasteiger partial charge >= 0.3 is 0 Å². The Morgan fingerprint density at radius 2 is 1.89 bits per heavy atom. The predicted octanol–water partition coefficient (Wildman–Crippen LogP) is 6.35. The van der Waals surface area contributed by atoms with Gasteiger partial charge in [0.25, 0.3) is 5.69 Å². The lowest BCUT2D eigenvalue weighted by molar-refractivity contribution is -0.385. The fourth-order valence-corrected chi connectivity index (χ4v) is 5.03. The van der Waals surface area contributed by atoms with Gasteiger partial charge in [-0.25, -0.2) is 9.67 Å². The number of ether oxygens (including phenoxy) is 2. The molecule has 2 heterocycles. The number of thiazole rings is 1. The molecular formula is C25H19BrN4O4S. The quantitative estimate of drug-likeness (QED) is 0.164. The number of aryl methyl sites for hydroxylation is 2. The molecule has 4 aromatic rings. The Kier molecular flexibility index (Phi) is 6.23. The highest BCUT2D eigenvalue weighted by Gasteiger charge is 2.22. The maximum atomic E-state index is 11.7. The van der Waals surface area contributed by atoms with E-state index >= 15 is 0 Å². The third kappa shape index (κ3) is 4.62. The Morgan fingerprint density at radius 1 is 1.11 bits per heavy atom. The van der Waals surface area contributed by atoms with Crippen LogP contribution in [0.1, 0.15) is 16.7 Å². The lowest BCUT2D eigenvalue weighted by Gasteiger charge is -2.07. The van der Waals surface area contributed by atoms with Crippen LogP contribution in [0.3, 0.4) is 0 Å². The Morgan fingerprint density at radius 3 is 2.63 bits per heavy atom. The van der Waals surface area contributed by atoms with Crippen molar-refractivity contribution in [3.8, 4) is 22.8 Å². The Bertz CT molecular complexity index is 1560. The topological polar surface area (TPSA) is 91.2 Å². The van der Waals surface area contributed by atoms with Crippen molar-refractivity contribution in [2.75, 3.05) is 6.79 Å². The van der Waals surface area contributed by atoms with Gasteiger partial charge in [0.2, 0.25) is 11.6 Å². The van der Waals surface area contributed by atoms with Gasteiger partial charge in [-0.05, 0) is 37.6 Å². The molecule has 3 aromatic carbocycles. The zero-order valence-electron chi connectivity index (χ0n) is 18.8. The van der Waals surface area contributed by atoms with E-state index in [1.54, 1.807) is 10.7 Å². The van der Waals surface area contributed by atoms with E-state index in [4.69, 9.17) is 14.5 Å². The Hall–Kier alpha value is -3.76. The molecule has 10 heteroatoms. The molecule has 0 saturated heterocycles. The van der Waals surface area contributed by atoms with Crippen LogP contribution in [0.25, 0.3) is 11.3 Å². The highest BCUT2D eigenvalue weighted by Crippen LogP contribution is 2.37. The molecule has 8 nitrogen and oxygen atoms in total. The molecule has 0 spiro atoms. The molecule has 35 heavy (non-hydrogen) atoms. The average molecular weight is 551 g/mol. The molecule has 176 valence electrons. The molecule has 0 bridgehead atoms. The van der Waals surface area contributed by atoms with E-state index in [9.17, 15) is 10.1 Å². The van der Waals surface area contributed by atoms with Crippen molar-refractivity contribution in [2.24, 2.45) is 10.1 Å². The van der Waals surface area contributed by atoms with Gasteiger partial charge in [0.05, 0.1) is 34.1 Å². The molecule has 0 N–H and O–H groups in total. The average Bonchev–Trinajstić information content (AvgIpc) is 3.45. The van der Waals surface area contributed by atoms with Crippen molar-refractivity contribution >= 4 is 44.9 Å². The van der Waals surface area contributed by atoms with Crippen LogP contribution in [0.4, 0.5) is 11.4 Å². The third-order valence-electron chi connectivity index (χ3n) is 5.43. The minimum atomic E-state index is -0.461. The zero-order valence-corrected chi connectivity index (χ0v) is 21.2. The van der Waals surface area contributed by atoms with E-state index in [1.165, 1.54) is 23.6 Å². The molecule has 0 aliphatic carbocycles. The molecule has 0 unspecified atom stereocenters. The van der Waals surface area contributed by atoms with Crippen molar-refractivity contribution in [3.63, 3.8) is 0 Å². The Balaban J connectivity index is 1.68. The van der Waals surface area contributed by atoms with E-state index in [0.717, 1.165) is 32.5 Å². The van der Waals surface area contributed by atoms with Crippen LogP contribution in [0.15, 0.2) is 74.5 Å². The van der Waals surface area contributed by atoms with Crippen molar-refractivity contribution in [1.29, 1.82) is 0 Å². The second kappa shape index (κ2) is 9.47. The van der Waals surface area contributed by atoms with Crippen LogP contribution in [-0.4, -0.2) is 22.6 Å². The van der Waals surface area contributed by atoms with Gasteiger partial charge in [0, 0.05) is 15.4 Å². The van der Waals surface area contributed by atoms with Gasteiger partial charge in [0.1, 0.15) is 0 Å². The molecule has 0 fully saturated rings. The first kappa shape index (κ1) is 23.0. The molecule has 1 aliphatic rings. The van der Waals surface area contributed by atoms with E-state index in [1.807, 2.05) is 55.6 Å². The number of hydrogen-bond donors (Lipinski definition) is 0. The van der Waals surface area contributed by atoms with Crippen LogP contribution in [0.2, 0.25) is 0 Å². The summed E-state index contributed by atoms with van der Waals surface area (Å²) in [5.74, 6) is 0.787. The van der Waals surface area contributed by atoms with Crippen LogP contribution >= 0.6 is 27.3 Å². The number of benzene rings is 3. The van der Waals surface area contributed by atoms with Crippen LogP contribution in [-0.2, 0) is 0 Å². The molecule has 0 atom stereocenters. The van der Waals surface area contributed by atoms with Crippen LogP contribution < -0.4 is 14.3 Å². The van der Waals surface area contributed by atoms with Crippen LogP contribution in [0, 0.1) is 24.0 Å². The minimum Gasteiger partial charge on any atom is -0.454 e. The summed E-state index contributed by atoms with van der Waals surface area (Å²) in [5.41, 5.74) is 4.92. The first-order chi connectivity index (χ1) is 16.9. The van der Waals surface area contributed by atoms with Gasteiger partial charge in [-0.2, -0.15) is 5.10 Å². The number of nitrogens with zero attached hydrogens (tertiary/aromatic N) is 4. The molecule has 0 radical (unpaired) electrons. The number of nitro groups is 1. The molecular weight excluding hydrogens is 532 g/mol. The molecule has 5 rings (SSSR count). The van der Waals surface area contributed by atoms with Gasteiger partial charge in [0.15, 0.2) is 11.5 Å². The van der Waals surface area contributed by atoms with Crippen molar-refractivity contribution in [3.05, 3.63) is 96.1 Å². The second-order valence-electron chi connectivity index (χ2n) is 7.86. The van der Waals surface area contributed by atoms with Gasteiger partial charge in [-0.3, -0.25) is 10.1 Å². The highest BCUT2D eigenvalue weighted by molar-refractivity contribution is 9.10. The standard InChI is InChI=1S/C25H19BrN4O4S/c1-15-7-8-20(16(2)9-15)28-25-29(22(13-35-25)18-5-3-4-6-19(18)26)27-12-17-10-23-24(34-14-33-23)11-21(17)30(31)32/h3-13H,14H2,1-2H3. The highest BCUT2D eigenvalue weighted by atomic mass is 79.9. The third-order valence-corrected chi connectivity index (χ3v) is 6.94. The molecule has 1 aliphatic heterocycles.